The quantitative estimate of drug-likeness (QED) is 0.375. The highest BCUT2D eigenvalue weighted by molar-refractivity contribution is 6.34. The van der Waals surface area contributed by atoms with E-state index in [0.29, 0.717) is 19.8 Å². The van der Waals surface area contributed by atoms with Crippen molar-refractivity contribution < 1.29 is 14.5 Å². The number of amides is 1. The number of nitrogens with two attached hydrogens (primary N) is 1. The molecule has 2 N–H and O–H groups in total. The molecule has 0 saturated heterocycles. The monoisotopic (exact) mass is 301 g/mol. The second-order valence-electron chi connectivity index (χ2n) is 4.07. The van der Waals surface area contributed by atoms with Crippen molar-refractivity contribution >= 4 is 28.9 Å². The summed E-state index contributed by atoms with van der Waals surface area (Å²) in [6.07, 6.45) is 0. The molecule has 0 aliphatic rings. The van der Waals surface area contributed by atoms with Crippen LogP contribution in [0.5, 0.6) is 0 Å². The van der Waals surface area contributed by atoms with Crippen LogP contribution in [0, 0.1) is 10.1 Å². The Labute approximate surface area is 121 Å². The van der Waals surface area contributed by atoms with Crippen LogP contribution >= 0.6 is 11.6 Å². The Balaban J connectivity index is 2.99. The van der Waals surface area contributed by atoms with E-state index in [9.17, 15) is 14.9 Å². The zero-order chi connectivity index (χ0) is 15.3. The Kier molecular flexibility index (Phi) is 5.72. The highest BCUT2D eigenvalue weighted by atomic mass is 35.5. The van der Waals surface area contributed by atoms with Crippen LogP contribution in [0.4, 0.5) is 11.4 Å². The molecule has 0 fully saturated rings. The summed E-state index contributed by atoms with van der Waals surface area (Å²) in [5, 5.41) is 10.8. The lowest BCUT2D eigenvalue weighted by atomic mass is 10.1. The Morgan fingerprint density at radius 2 is 2.20 bits per heavy atom. The predicted octanol–water partition coefficient (Wildman–Crippen LogP) is 1.94. The summed E-state index contributed by atoms with van der Waals surface area (Å²) >= 11 is 5.81. The predicted molar refractivity (Wildman–Crippen MR) is 76.0 cm³/mol. The van der Waals surface area contributed by atoms with Gasteiger partial charge in [0, 0.05) is 32.3 Å². The second kappa shape index (κ2) is 7.06. The lowest BCUT2D eigenvalue weighted by Gasteiger charge is -2.18. The van der Waals surface area contributed by atoms with E-state index in [1.54, 1.807) is 7.05 Å². The summed E-state index contributed by atoms with van der Waals surface area (Å²) in [5.74, 6) is -0.437. The van der Waals surface area contributed by atoms with E-state index in [4.69, 9.17) is 22.1 Å². The average molecular weight is 302 g/mol. The number of nitrogen functional groups attached to an aromatic ring is 1. The SMILES string of the molecule is CCOCCN(C)C(=O)c1cc([N+](=O)[O-])cc(Cl)c1N. The van der Waals surface area contributed by atoms with Gasteiger partial charge >= 0.3 is 0 Å². The lowest BCUT2D eigenvalue weighted by molar-refractivity contribution is -0.384. The van der Waals surface area contributed by atoms with Gasteiger partial charge in [0.15, 0.2) is 0 Å². The number of carbonyl (C=O) groups is 1. The van der Waals surface area contributed by atoms with Gasteiger partial charge in [-0.3, -0.25) is 14.9 Å². The molecule has 0 heterocycles. The van der Waals surface area contributed by atoms with Gasteiger partial charge in [-0.2, -0.15) is 0 Å². The normalized spacial score (nSPS) is 10.3. The molecule has 0 spiro atoms. The van der Waals surface area contributed by atoms with Gasteiger partial charge in [-0.25, -0.2) is 0 Å². The van der Waals surface area contributed by atoms with Crippen molar-refractivity contribution in [2.75, 3.05) is 32.5 Å². The largest absolute Gasteiger partial charge is 0.397 e. The number of nitro benzene ring substituents is 1. The number of nitrogens with zero attached hydrogens (tertiary/aromatic N) is 2. The summed E-state index contributed by atoms with van der Waals surface area (Å²) in [5.41, 5.74) is 5.49. The Bertz CT molecular complexity index is 522. The molecule has 110 valence electrons. The summed E-state index contributed by atoms with van der Waals surface area (Å²) < 4.78 is 5.15. The molecule has 0 aliphatic heterocycles. The molecule has 1 aromatic rings. The minimum atomic E-state index is -0.623. The number of anilines is 1. The fraction of sp³-hybridized carbons (Fsp3) is 0.417. The van der Waals surface area contributed by atoms with Gasteiger partial charge in [0.05, 0.1) is 27.8 Å². The van der Waals surface area contributed by atoms with Crippen LogP contribution in [-0.4, -0.2) is 42.5 Å². The standard InChI is InChI=1S/C12H16ClN3O4/c1-3-20-5-4-15(2)12(17)9-6-8(16(18)19)7-10(13)11(9)14/h6-7H,3-5,14H2,1-2H3. The first-order valence-electron chi connectivity index (χ1n) is 5.95. The van der Waals surface area contributed by atoms with Crippen LogP contribution in [0.25, 0.3) is 0 Å². The molecule has 0 unspecified atom stereocenters. The molecule has 1 amide bonds. The van der Waals surface area contributed by atoms with Crippen molar-refractivity contribution in [1.29, 1.82) is 0 Å². The van der Waals surface area contributed by atoms with Gasteiger partial charge in [-0.15, -0.1) is 0 Å². The van der Waals surface area contributed by atoms with Gasteiger partial charge < -0.3 is 15.4 Å². The van der Waals surface area contributed by atoms with E-state index in [1.807, 2.05) is 6.92 Å². The molecule has 0 aliphatic carbocycles. The van der Waals surface area contributed by atoms with Crippen LogP contribution in [0.3, 0.4) is 0 Å². The first-order chi connectivity index (χ1) is 9.38. The third-order valence-electron chi connectivity index (χ3n) is 2.68. The minimum Gasteiger partial charge on any atom is -0.397 e. The average Bonchev–Trinajstić information content (AvgIpc) is 2.40. The number of hydrogen-bond donors (Lipinski definition) is 1. The first-order valence-corrected chi connectivity index (χ1v) is 6.32. The molecular formula is C12H16ClN3O4. The van der Waals surface area contributed by atoms with E-state index in [0.717, 1.165) is 12.1 Å². The van der Waals surface area contributed by atoms with E-state index >= 15 is 0 Å². The van der Waals surface area contributed by atoms with E-state index < -0.39 is 10.8 Å². The lowest BCUT2D eigenvalue weighted by Crippen LogP contribution is -2.30. The number of ether oxygens (including phenoxy) is 1. The number of hydrogen-bond acceptors (Lipinski definition) is 5. The fourth-order valence-corrected chi connectivity index (χ4v) is 1.75. The molecule has 1 rings (SSSR count). The molecule has 0 atom stereocenters. The first kappa shape index (κ1) is 16.2. The summed E-state index contributed by atoms with van der Waals surface area (Å²) in [4.78, 5) is 23.7. The summed E-state index contributed by atoms with van der Waals surface area (Å²) in [6, 6.07) is 2.24. The molecule has 20 heavy (non-hydrogen) atoms. The van der Waals surface area contributed by atoms with Crippen molar-refractivity contribution in [1.82, 2.24) is 4.90 Å². The van der Waals surface area contributed by atoms with Crippen molar-refractivity contribution in [3.8, 4) is 0 Å². The Hall–Kier alpha value is -1.86. The zero-order valence-corrected chi connectivity index (χ0v) is 12.0. The minimum absolute atomic E-state index is 0.0132. The van der Waals surface area contributed by atoms with E-state index in [-0.39, 0.29) is 22.0 Å². The topological polar surface area (TPSA) is 98.7 Å². The van der Waals surface area contributed by atoms with Gasteiger partial charge in [0.2, 0.25) is 0 Å². The van der Waals surface area contributed by atoms with E-state index in [1.165, 1.54) is 4.90 Å². The summed E-state index contributed by atoms with van der Waals surface area (Å²) in [7, 11) is 1.56. The molecule has 7 nitrogen and oxygen atoms in total. The Morgan fingerprint density at radius 3 is 2.75 bits per heavy atom. The highest BCUT2D eigenvalue weighted by Crippen LogP contribution is 2.29. The smallest absolute Gasteiger partial charge is 0.271 e. The molecule has 8 heteroatoms. The molecule has 0 aromatic heterocycles. The maximum Gasteiger partial charge on any atom is 0.271 e. The van der Waals surface area contributed by atoms with Gasteiger partial charge in [-0.05, 0) is 6.92 Å². The number of nitro groups is 1. The Morgan fingerprint density at radius 1 is 1.55 bits per heavy atom. The van der Waals surface area contributed by atoms with Crippen LogP contribution < -0.4 is 5.73 Å². The number of carbonyl (C=O) groups excluding carboxylic acids is 1. The van der Waals surface area contributed by atoms with E-state index in [2.05, 4.69) is 0 Å². The third-order valence-corrected chi connectivity index (χ3v) is 2.99. The van der Waals surface area contributed by atoms with Crippen molar-refractivity contribution in [2.24, 2.45) is 0 Å². The van der Waals surface area contributed by atoms with Crippen molar-refractivity contribution in [3.63, 3.8) is 0 Å². The van der Waals surface area contributed by atoms with Gasteiger partial charge in [0.1, 0.15) is 0 Å². The van der Waals surface area contributed by atoms with Crippen LogP contribution in [0.15, 0.2) is 12.1 Å². The van der Waals surface area contributed by atoms with Crippen LogP contribution in [-0.2, 0) is 4.74 Å². The van der Waals surface area contributed by atoms with Gasteiger partial charge in [-0.1, -0.05) is 11.6 Å². The maximum atomic E-state index is 12.2. The third kappa shape index (κ3) is 3.82. The van der Waals surface area contributed by atoms with Crippen LogP contribution in [0.1, 0.15) is 17.3 Å². The molecule has 1 aromatic carbocycles. The second-order valence-corrected chi connectivity index (χ2v) is 4.48. The summed E-state index contributed by atoms with van der Waals surface area (Å²) in [6.45, 7) is 3.13. The number of rotatable bonds is 6. The number of halogens is 1. The number of likely N-dealkylation sites (N-methyl/N-ethyl adjacent to an activating group) is 1. The molecule has 0 bridgehead atoms. The maximum absolute atomic E-state index is 12.2. The molecule has 0 saturated carbocycles. The highest BCUT2D eigenvalue weighted by Gasteiger charge is 2.21. The molecule has 0 radical (unpaired) electrons. The number of benzene rings is 1. The fourth-order valence-electron chi connectivity index (χ4n) is 1.54. The molecular weight excluding hydrogens is 286 g/mol. The van der Waals surface area contributed by atoms with Crippen molar-refractivity contribution in [3.05, 3.63) is 32.8 Å². The van der Waals surface area contributed by atoms with Crippen LogP contribution in [0.2, 0.25) is 5.02 Å². The number of non-ortho nitro benzene ring substituents is 1. The van der Waals surface area contributed by atoms with Crippen molar-refractivity contribution in [2.45, 2.75) is 6.92 Å². The zero-order valence-electron chi connectivity index (χ0n) is 11.3. The van der Waals surface area contributed by atoms with Gasteiger partial charge in [0.25, 0.3) is 11.6 Å².